The predicted molar refractivity (Wildman–Crippen MR) is 119 cm³/mol. The van der Waals surface area contributed by atoms with Crippen LogP contribution in [-0.4, -0.2) is 27.3 Å². The fourth-order valence-electron chi connectivity index (χ4n) is 5.25. The fraction of sp³-hybridized carbons (Fsp3) is 0.682. The van der Waals surface area contributed by atoms with E-state index in [0.29, 0.717) is 11.8 Å². The highest BCUT2D eigenvalue weighted by Gasteiger charge is 2.27. The van der Waals surface area contributed by atoms with Crippen molar-refractivity contribution < 1.29 is 4.79 Å². The number of rotatable bonds is 5. The summed E-state index contributed by atoms with van der Waals surface area (Å²) in [6, 6.07) is 0.568. The minimum Gasteiger partial charge on any atom is -0.353 e. The van der Waals surface area contributed by atoms with Gasteiger partial charge in [0.25, 0.3) is 5.56 Å². The van der Waals surface area contributed by atoms with Crippen molar-refractivity contribution in [3.05, 3.63) is 20.8 Å². The first-order chi connectivity index (χ1) is 14.2. The van der Waals surface area contributed by atoms with Gasteiger partial charge in [0, 0.05) is 17.0 Å². The van der Waals surface area contributed by atoms with Gasteiger partial charge in [0.2, 0.25) is 5.91 Å². The van der Waals surface area contributed by atoms with Crippen LogP contribution in [0.15, 0.2) is 9.95 Å². The Bertz CT molecular complexity index is 969. The molecule has 0 atom stereocenters. The van der Waals surface area contributed by atoms with Crippen LogP contribution in [0.25, 0.3) is 10.2 Å². The summed E-state index contributed by atoms with van der Waals surface area (Å²) in [6.45, 7) is 0. The lowest BCUT2D eigenvalue weighted by Gasteiger charge is -2.19. The van der Waals surface area contributed by atoms with Crippen molar-refractivity contribution >= 4 is 39.2 Å². The first-order valence-electron chi connectivity index (χ1n) is 11.2. The molecule has 0 aromatic carbocycles. The lowest BCUT2D eigenvalue weighted by Crippen LogP contribution is -2.34. The Kier molecular flexibility index (Phi) is 5.69. The van der Waals surface area contributed by atoms with E-state index in [0.717, 1.165) is 53.9 Å². The zero-order valence-corrected chi connectivity index (χ0v) is 18.5. The number of carbonyl (C=O) groups is 1. The summed E-state index contributed by atoms with van der Waals surface area (Å²) in [7, 11) is 0. The van der Waals surface area contributed by atoms with Crippen molar-refractivity contribution in [3.8, 4) is 0 Å². The molecule has 3 aliphatic carbocycles. The summed E-state index contributed by atoms with van der Waals surface area (Å²) < 4.78 is 1.95. The lowest BCUT2D eigenvalue weighted by molar-refractivity contribution is -0.119. The van der Waals surface area contributed by atoms with E-state index in [1.807, 2.05) is 4.57 Å². The third-order valence-electron chi connectivity index (χ3n) is 6.73. The molecule has 29 heavy (non-hydrogen) atoms. The van der Waals surface area contributed by atoms with Crippen molar-refractivity contribution in [2.24, 2.45) is 0 Å². The summed E-state index contributed by atoms with van der Waals surface area (Å²) in [5.74, 6) is 0.409. The van der Waals surface area contributed by atoms with E-state index in [1.54, 1.807) is 11.3 Å². The SMILES string of the molecule is O=C(CSc1nc2sc3c(c2c(=O)n1C1CCCC1)CCCC3)NC1CCCC1. The maximum Gasteiger partial charge on any atom is 0.263 e. The third-order valence-corrected chi connectivity index (χ3v) is 8.87. The predicted octanol–water partition coefficient (Wildman–Crippen LogP) is 4.60. The minimum atomic E-state index is 0.0692. The van der Waals surface area contributed by atoms with Crippen LogP contribution in [0.1, 0.15) is 80.7 Å². The van der Waals surface area contributed by atoms with Gasteiger partial charge in [-0.25, -0.2) is 4.98 Å². The number of amides is 1. The Labute approximate surface area is 179 Å². The number of nitrogens with zero attached hydrogens (tertiary/aromatic N) is 2. The van der Waals surface area contributed by atoms with Gasteiger partial charge in [-0.15, -0.1) is 11.3 Å². The lowest BCUT2D eigenvalue weighted by atomic mass is 9.97. The molecule has 2 aromatic heterocycles. The minimum absolute atomic E-state index is 0.0692. The second-order valence-electron chi connectivity index (χ2n) is 8.74. The zero-order valence-electron chi connectivity index (χ0n) is 16.9. The fourth-order valence-corrected chi connectivity index (χ4v) is 7.43. The quantitative estimate of drug-likeness (QED) is 0.555. The Morgan fingerprint density at radius 2 is 1.79 bits per heavy atom. The van der Waals surface area contributed by atoms with Gasteiger partial charge in [-0.05, 0) is 56.9 Å². The van der Waals surface area contributed by atoms with E-state index >= 15 is 0 Å². The van der Waals surface area contributed by atoms with E-state index in [9.17, 15) is 9.59 Å². The normalized spacial score (nSPS) is 20.4. The van der Waals surface area contributed by atoms with E-state index in [-0.39, 0.29) is 17.5 Å². The van der Waals surface area contributed by atoms with Gasteiger partial charge < -0.3 is 5.32 Å². The molecule has 1 N–H and O–H groups in total. The highest BCUT2D eigenvalue weighted by atomic mass is 32.2. The number of thioether (sulfide) groups is 1. The second-order valence-corrected chi connectivity index (χ2v) is 10.8. The van der Waals surface area contributed by atoms with Crippen molar-refractivity contribution in [2.75, 3.05) is 5.75 Å². The van der Waals surface area contributed by atoms with Gasteiger partial charge in [-0.2, -0.15) is 0 Å². The molecule has 2 heterocycles. The molecular formula is C22H29N3O2S2. The Morgan fingerprint density at radius 1 is 1.07 bits per heavy atom. The van der Waals surface area contributed by atoms with Crippen LogP contribution in [0.3, 0.4) is 0 Å². The molecule has 156 valence electrons. The number of hydrogen-bond donors (Lipinski definition) is 1. The van der Waals surface area contributed by atoms with E-state index < -0.39 is 0 Å². The molecule has 2 aromatic rings. The number of hydrogen-bond acceptors (Lipinski definition) is 5. The molecule has 0 bridgehead atoms. The molecule has 1 amide bonds. The van der Waals surface area contributed by atoms with Gasteiger partial charge in [0.15, 0.2) is 5.16 Å². The molecule has 5 nitrogen and oxygen atoms in total. The number of nitrogens with one attached hydrogen (secondary N) is 1. The molecule has 0 spiro atoms. The van der Waals surface area contributed by atoms with Gasteiger partial charge in [-0.1, -0.05) is 37.4 Å². The van der Waals surface area contributed by atoms with Crippen molar-refractivity contribution in [2.45, 2.75) is 94.3 Å². The van der Waals surface area contributed by atoms with Gasteiger partial charge in [0.05, 0.1) is 11.1 Å². The maximum absolute atomic E-state index is 13.6. The van der Waals surface area contributed by atoms with E-state index in [4.69, 9.17) is 4.98 Å². The zero-order chi connectivity index (χ0) is 19.8. The summed E-state index contributed by atoms with van der Waals surface area (Å²) in [5.41, 5.74) is 1.40. The summed E-state index contributed by atoms with van der Waals surface area (Å²) in [4.78, 5) is 33.3. The maximum atomic E-state index is 13.6. The Balaban J connectivity index is 1.46. The van der Waals surface area contributed by atoms with Crippen LogP contribution < -0.4 is 10.9 Å². The second kappa shape index (κ2) is 8.42. The molecule has 5 rings (SSSR count). The Hall–Kier alpha value is -1.34. The molecule has 0 radical (unpaired) electrons. The summed E-state index contributed by atoms with van der Waals surface area (Å²) in [5, 5.41) is 4.77. The van der Waals surface area contributed by atoms with Crippen molar-refractivity contribution in [1.82, 2.24) is 14.9 Å². The highest BCUT2D eigenvalue weighted by molar-refractivity contribution is 7.99. The smallest absolute Gasteiger partial charge is 0.263 e. The molecule has 3 aliphatic rings. The molecule has 0 unspecified atom stereocenters. The number of fused-ring (bicyclic) bond motifs is 3. The molecule has 2 fully saturated rings. The van der Waals surface area contributed by atoms with Crippen LogP contribution in [0.2, 0.25) is 0 Å². The monoisotopic (exact) mass is 431 g/mol. The van der Waals surface area contributed by atoms with Gasteiger partial charge in [-0.3, -0.25) is 14.2 Å². The topological polar surface area (TPSA) is 64.0 Å². The third kappa shape index (κ3) is 3.88. The number of aryl methyl sites for hydroxylation is 2. The molecular weight excluding hydrogens is 402 g/mol. The van der Waals surface area contributed by atoms with E-state index in [2.05, 4.69) is 5.32 Å². The van der Waals surface area contributed by atoms with Crippen LogP contribution in [-0.2, 0) is 17.6 Å². The van der Waals surface area contributed by atoms with Crippen LogP contribution in [0, 0.1) is 0 Å². The van der Waals surface area contributed by atoms with Crippen LogP contribution >= 0.6 is 23.1 Å². The molecule has 2 saturated carbocycles. The first-order valence-corrected chi connectivity index (χ1v) is 13.0. The van der Waals surface area contributed by atoms with Gasteiger partial charge in [0.1, 0.15) is 4.83 Å². The molecule has 0 saturated heterocycles. The summed E-state index contributed by atoms with van der Waals surface area (Å²) in [6.07, 6.45) is 13.5. The van der Waals surface area contributed by atoms with Crippen molar-refractivity contribution in [3.63, 3.8) is 0 Å². The van der Waals surface area contributed by atoms with Crippen LogP contribution in [0.5, 0.6) is 0 Å². The standard InChI is InChI=1S/C22H29N3O2S2/c26-18(23-14-7-1-2-8-14)13-28-22-24-20-19(16-11-5-6-12-17(16)29-20)21(27)25(22)15-9-3-4-10-15/h14-15H,1-13H2,(H,23,26). The molecule has 0 aliphatic heterocycles. The molecule has 7 heteroatoms. The largest absolute Gasteiger partial charge is 0.353 e. The van der Waals surface area contributed by atoms with E-state index in [1.165, 1.54) is 60.7 Å². The first kappa shape index (κ1) is 19.6. The summed E-state index contributed by atoms with van der Waals surface area (Å²) >= 11 is 3.15. The number of carbonyl (C=O) groups excluding carboxylic acids is 1. The average molecular weight is 432 g/mol. The van der Waals surface area contributed by atoms with Crippen molar-refractivity contribution in [1.29, 1.82) is 0 Å². The highest BCUT2D eigenvalue weighted by Crippen LogP contribution is 2.37. The van der Waals surface area contributed by atoms with Crippen LogP contribution in [0.4, 0.5) is 0 Å². The van der Waals surface area contributed by atoms with Gasteiger partial charge >= 0.3 is 0 Å². The number of aromatic nitrogens is 2. The average Bonchev–Trinajstić information content (AvgIpc) is 3.47. The number of thiophene rings is 1. The Morgan fingerprint density at radius 3 is 2.59 bits per heavy atom.